The van der Waals surface area contributed by atoms with Gasteiger partial charge in [0.25, 0.3) is 5.91 Å². The predicted molar refractivity (Wildman–Crippen MR) is 123 cm³/mol. The molecule has 0 unspecified atom stereocenters. The first-order valence-electron chi connectivity index (χ1n) is 10.5. The van der Waals surface area contributed by atoms with Crippen LogP contribution in [0, 0.1) is 19.8 Å². The van der Waals surface area contributed by atoms with Crippen LogP contribution in [0.15, 0.2) is 41.3 Å². The minimum Gasteiger partial charge on any atom is -0.383 e. The molecule has 0 bridgehead atoms. The first kappa shape index (κ1) is 23.2. The van der Waals surface area contributed by atoms with Crippen molar-refractivity contribution in [3.63, 3.8) is 0 Å². The molecule has 1 fully saturated rings. The zero-order valence-corrected chi connectivity index (χ0v) is 19.4. The molecule has 2 aromatic carbocycles. The lowest BCUT2D eigenvalue weighted by Crippen LogP contribution is -2.40. The lowest BCUT2D eigenvalue weighted by Gasteiger charge is -2.26. The third-order valence-electron chi connectivity index (χ3n) is 5.03. The Bertz CT molecular complexity index is 1020. The van der Waals surface area contributed by atoms with E-state index in [-0.39, 0.29) is 10.8 Å². The van der Waals surface area contributed by atoms with Gasteiger partial charge in [-0.3, -0.25) is 4.79 Å². The van der Waals surface area contributed by atoms with Crippen molar-refractivity contribution in [1.29, 1.82) is 0 Å². The van der Waals surface area contributed by atoms with E-state index in [1.807, 2.05) is 32.0 Å². The topological polar surface area (TPSA) is 87.7 Å². The molecule has 1 heterocycles. The predicted octanol–water partition coefficient (Wildman–Crippen LogP) is 3.64. The van der Waals surface area contributed by atoms with Crippen molar-refractivity contribution in [3.05, 3.63) is 53.1 Å². The van der Waals surface area contributed by atoms with Crippen LogP contribution in [0.4, 0.5) is 11.4 Å². The molecule has 8 heteroatoms. The van der Waals surface area contributed by atoms with Gasteiger partial charge in [0.2, 0.25) is 10.0 Å². The SMILES string of the molecule is Cc1cc(C)cc(C(=O)Nc2cc(S(=O)(=O)N3CCOCC3)ccc2NCC(C)C)c1. The Morgan fingerprint density at radius 2 is 1.68 bits per heavy atom. The molecule has 3 rings (SSSR count). The molecule has 2 aromatic rings. The second kappa shape index (κ2) is 9.80. The number of carbonyl (C=O) groups excluding carboxylic acids is 1. The maximum atomic E-state index is 13.1. The number of hydrogen-bond donors (Lipinski definition) is 2. The fraction of sp³-hybridized carbons (Fsp3) is 0.435. The Kier molecular flexibility index (Phi) is 7.35. The number of morpholine rings is 1. The van der Waals surface area contributed by atoms with Crippen molar-refractivity contribution in [3.8, 4) is 0 Å². The van der Waals surface area contributed by atoms with Crippen LogP contribution < -0.4 is 10.6 Å². The van der Waals surface area contributed by atoms with Gasteiger partial charge in [-0.1, -0.05) is 31.0 Å². The van der Waals surface area contributed by atoms with Crippen molar-refractivity contribution in [2.75, 3.05) is 43.5 Å². The number of amides is 1. The van der Waals surface area contributed by atoms with Gasteiger partial charge in [-0.25, -0.2) is 8.42 Å². The minimum atomic E-state index is -3.67. The largest absolute Gasteiger partial charge is 0.383 e. The van der Waals surface area contributed by atoms with Gasteiger partial charge in [0.1, 0.15) is 0 Å². The molecular formula is C23H31N3O4S. The summed E-state index contributed by atoms with van der Waals surface area (Å²) in [6.45, 7) is 10.1. The Hall–Kier alpha value is -2.42. The monoisotopic (exact) mass is 445 g/mol. The van der Waals surface area contributed by atoms with Gasteiger partial charge in [-0.15, -0.1) is 0 Å². The van der Waals surface area contributed by atoms with E-state index in [0.29, 0.717) is 55.7 Å². The van der Waals surface area contributed by atoms with E-state index in [9.17, 15) is 13.2 Å². The summed E-state index contributed by atoms with van der Waals surface area (Å²) in [7, 11) is -3.67. The molecule has 168 valence electrons. The summed E-state index contributed by atoms with van der Waals surface area (Å²) in [5, 5.41) is 6.22. The molecular weight excluding hydrogens is 414 g/mol. The van der Waals surface area contributed by atoms with Gasteiger partial charge in [0.05, 0.1) is 29.5 Å². The van der Waals surface area contributed by atoms with Crippen molar-refractivity contribution >= 4 is 27.3 Å². The number of ether oxygens (including phenoxy) is 1. The second-order valence-electron chi connectivity index (χ2n) is 8.33. The molecule has 2 N–H and O–H groups in total. The zero-order chi connectivity index (χ0) is 22.6. The van der Waals surface area contributed by atoms with Crippen molar-refractivity contribution in [1.82, 2.24) is 4.31 Å². The maximum Gasteiger partial charge on any atom is 0.255 e. The molecule has 0 atom stereocenters. The molecule has 31 heavy (non-hydrogen) atoms. The third-order valence-corrected chi connectivity index (χ3v) is 6.93. The van der Waals surface area contributed by atoms with Crippen LogP contribution in [-0.2, 0) is 14.8 Å². The molecule has 0 radical (unpaired) electrons. The van der Waals surface area contributed by atoms with E-state index in [2.05, 4.69) is 24.5 Å². The van der Waals surface area contributed by atoms with E-state index in [0.717, 1.165) is 11.1 Å². The van der Waals surface area contributed by atoms with Crippen LogP contribution in [0.2, 0.25) is 0 Å². The van der Waals surface area contributed by atoms with Gasteiger partial charge in [0, 0.05) is 25.2 Å². The molecule has 0 saturated carbocycles. The fourth-order valence-corrected chi connectivity index (χ4v) is 4.93. The van der Waals surface area contributed by atoms with Gasteiger partial charge in [-0.05, 0) is 50.1 Å². The summed E-state index contributed by atoms with van der Waals surface area (Å²) in [5.74, 6) is 0.111. The highest BCUT2D eigenvalue weighted by molar-refractivity contribution is 7.89. The fourth-order valence-electron chi connectivity index (χ4n) is 3.49. The Balaban J connectivity index is 1.94. The van der Waals surface area contributed by atoms with Gasteiger partial charge in [-0.2, -0.15) is 4.31 Å². The molecule has 7 nitrogen and oxygen atoms in total. The molecule has 1 aliphatic rings. The highest BCUT2D eigenvalue weighted by atomic mass is 32.2. The van der Waals surface area contributed by atoms with E-state index >= 15 is 0 Å². The average Bonchev–Trinajstić information content (AvgIpc) is 2.72. The summed E-state index contributed by atoms with van der Waals surface area (Å²) >= 11 is 0. The maximum absolute atomic E-state index is 13.1. The number of nitrogens with one attached hydrogen (secondary N) is 2. The van der Waals surface area contributed by atoms with E-state index < -0.39 is 10.0 Å². The first-order valence-corrected chi connectivity index (χ1v) is 12.0. The smallest absolute Gasteiger partial charge is 0.255 e. The number of anilines is 2. The highest BCUT2D eigenvalue weighted by Crippen LogP contribution is 2.28. The molecule has 1 saturated heterocycles. The number of rotatable bonds is 7. The Morgan fingerprint density at radius 3 is 2.29 bits per heavy atom. The van der Waals surface area contributed by atoms with Gasteiger partial charge >= 0.3 is 0 Å². The molecule has 1 amide bonds. The Morgan fingerprint density at radius 1 is 1.03 bits per heavy atom. The highest BCUT2D eigenvalue weighted by Gasteiger charge is 2.27. The molecule has 0 spiro atoms. The number of aryl methyl sites for hydroxylation is 2. The molecule has 0 aliphatic carbocycles. The average molecular weight is 446 g/mol. The first-order chi connectivity index (χ1) is 14.7. The van der Waals surface area contributed by atoms with Crippen molar-refractivity contribution in [2.45, 2.75) is 32.6 Å². The number of benzene rings is 2. The number of sulfonamides is 1. The van der Waals surface area contributed by atoms with E-state index in [1.54, 1.807) is 12.1 Å². The normalized spacial score (nSPS) is 15.1. The minimum absolute atomic E-state index is 0.153. The van der Waals surface area contributed by atoms with Gasteiger partial charge < -0.3 is 15.4 Å². The van der Waals surface area contributed by atoms with E-state index in [1.165, 1.54) is 10.4 Å². The standard InChI is InChI=1S/C23H31N3O4S/c1-16(2)15-24-21-6-5-20(31(28,29)26-7-9-30-10-8-26)14-22(21)25-23(27)19-12-17(3)11-18(4)13-19/h5-6,11-14,16,24H,7-10,15H2,1-4H3,(H,25,27). The van der Waals surface area contributed by atoms with Crippen LogP contribution >= 0.6 is 0 Å². The summed E-state index contributed by atoms with van der Waals surface area (Å²) in [4.78, 5) is 13.1. The van der Waals surface area contributed by atoms with Crippen LogP contribution in [0.3, 0.4) is 0 Å². The summed E-state index contributed by atoms with van der Waals surface area (Å²) in [6, 6.07) is 10.5. The lowest BCUT2D eigenvalue weighted by atomic mass is 10.1. The Labute approximate surface area is 184 Å². The van der Waals surface area contributed by atoms with Crippen LogP contribution in [-0.4, -0.2) is 51.5 Å². The van der Waals surface area contributed by atoms with Crippen molar-refractivity contribution in [2.24, 2.45) is 5.92 Å². The summed E-state index contributed by atoms with van der Waals surface area (Å²) < 4.78 is 32.9. The summed E-state index contributed by atoms with van der Waals surface area (Å²) in [6.07, 6.45) is 0. The molecule has 1 aliphatic heterocycles. The van der Waals surface area contributed by atoms with Crippen LogP contribution in [0.5, 0.6) is 0 Å². The quantitative estimate of drug-likeness (QED) is 0.679. The number of carbonyl (C=O) groups is 1. The third kappa shape index (κ3) is 5.84. The lowest BCUT2D eigenvalue weighted by molar-refractivity contribution is 0.0730. The number of nitrogens with zero attached hydrogens (tertiary/aromatic N) is 1. The van der Waals surface area contributed by atoms with E-state index in [4.69, 9.17) is 4.74 Å². The molecule has 0 aromatic heterocycles. The zero-order valence-electron chi connectivity index (χ0n) is 18.6. The summed E-state index contributed by atoms with van der Waals surface area (Å²) in [5.41, 5.74) is 3.65. The number of hydrogen-bond acceptors (Lipinski definition) is 5. The van der Waals surface area contributed by atoms with Crippen LogP contribution in [0.25, 0.3) is 0 Å². The van der Waals surface area contributed by atoms with Gasteiger partial charge in [0.15, 0.2) is 0 Å². The van der Waals surface area contributed by atoms with Crippen LogP contribution in [0.1, 0.15) is 35.3 Å². The second-order valence-corrected chi connectivity index (χ2v) is 10.3. The van der Waals surface area contributed by atoms with Crippen molar-refractivity contribution < 1.29 is 17.9 Å².